The Kier molecular flexibility index (Phi) is 5.63. The molecule has 0 saturated heterocycles. The molecule has 0 unspecified atom stereocenters. The van der Waals surface area contributed by atoms with Crippen LogP contribution in [0.25, 0.3) is 6.08 Å². The van der Waals surface area contributed by atoms with E-state index in [4.69, 9.17) is 0 Å². The van der Waals surface area contributed by atoms with Crippen LogP contribution in [0, 0.1) is 0 Å². The van der Waals surface area contributed by atoms with Gasteiger partial charge in [0.15, 0.2) is 0 Å². The van der Waals surface area contributed by atoms with Gasteiger partial charge in [0, 0.05) is 35.8 Å². The maximum atomic E-state index is 11.9. The first-order chi connectivity index (χ1) is 11.0. The van der Waals surface area contributed by atoms with Crippen LogP contribution in [0.2, 0.25) is 0 Å². The number of amides is 2. The van der Waals surface area contributed by atoms with E-state index in [1.54, 1.807) is 48.8 Å². The summed E-state index contributed by atoms with van der Waals surface area (Å²) in [5, 5.41) is 5.56. The SMILES string of the molecule is CC(C)NC(=O)c1ccc(NC(=O)/C=C/c2cccnc2)cc1. The summed E-state index contributed by atoms with van der Waals surface area (Å²) in [6.45, 7) is 3.81. The van der Waals surface area contributed by atoms with E-state index < -0.39 is 0 Å². The Morgan fingerprint density at radius 1 is 1.13 bits per heavy atom. The molecule has 0 aliphatic heterocycles. The maximum Gasteiger partial charge on any atom is 0.251 e. The summed E-state index contributed by atoms with van der Waals surface area (Å²) in [6, 6.07) is 10.5. The van der Waals surface area contributed by atoms with Crippen molar-refractivity contribution in [2.45, 2.75) is 19.9 Å². The van der Waals surface area contributed by atoms with Gasteiger partial charge in [-0.2, -0.15) is 0 Å². The van der Waals surface area contributed by atoms with Gasteiger partial charge in [-0.15, -0.1) is 0 Å². The number of rotatable bonds is 5. The molecule has 0 aliphatic rings. The lowest BCUT2D eigenvalue weighted by molar-refractivity contribution is -0.111. The molecule has 2 N–H and O–H groups in total. The van der Waals surface area contributed by atoms with E-state index in [1.807, 2.05) is 19.9 Å². The minimum atomic E-state index is -0.242. The van der Waals surface area contributed by atoms with Crippen LogP contribution in [-0.2, 0) is 4.79 Å². The Balaban J connectivity index is 1.94. The number of carbonyl (C=O) groups is 2. The molecule has 2 aromatic rings. The number of nitrogens with zero attached hydrogens (tertiary/aromatic N) is 1. The van der Waals surface area contributed by atoms with Crippen molar-refractivity contribution in [2.24, 2.45) is 0 Å². The standard InChI is InChI=1S/C18H19N3O2/c1-13(2)20-18(23)15-6-8-16(9-7-15)21-17(22)10-5-14-4-3-11-19-12-14/h3-13H,1-2H3,(H,20,23)(H,21,22)/b10-5+. The van der Waals surface area contributed by atoms with Gasteiger partial charge in [-0.05, 0) is 55.8 Å². The van der Waals surface area contributed by atoms with Gasteiger partial charge in [0.05, 0.1) is 0 Å². The van der Waals surface area contributed by atoms with Crippen molar-refractivity contribution in [1.29, 1.82) is 0 Å². The number of nitrogens with one attached hydrogen (secondary N) is 2. The largest absolute Gasteiger partial charge is 0.350 e. The Bertz CT molecular complexity index is 692. The molecule has 2 amide bonds. The zero-order valence-electron chi connectivity index (χ0n) is 13.1. The number of carbonyl (C=O) groups excluding carboxylic acids is 2. The molecule has 5 heteroatoms. The van der Waals surface area contributed by atoms with Crippen LogP contribution in [0.1, 0.15) is 29.8 Å². The second-order valence-corrected chi connectivity index (χ2v) is 5.31. The number of benzene rings is 1. The summed E-state index contributed by atoms with van der Waals surface area (Å²) < 4.78 is 0. The third kappa shape index (κ3) is 5.39. The van der Waals surface area contributed by atoms with E-state index in [9.17, 15) is 9.59 Å². The van der Waals surface area contributed by atoms with Gasteiger partial charge in [0.1, 0.15) is 0 Å². The molecule has 0 saturated carbocycles. The molecule has 1 aromatic heterocycles. The maximum absolute atomic E-state index is 11.9. The number of aromatic nitrogens is 1. The summed E-state index contributed by atoms with van der Waals surface area (Å²) in [5.74, 6) is -0.373. The molecule has 1 heterocycles. The second kappa shape index (κ2) is 7.89. The van der Waals surface area contributed by atoms with Gasteiger partial charge in [-0.3, -0.25) is 14.6 Å². The fourth-order valence-electron chi connectivity index (χ4n) is 1.88. The quantitative estimate of drug-likeness (QED) is 0.834. The normalized spacial score (nSPS) is 10.7. The number of hydrogen-bond donors (Lipinski definition) is 2. The van der Waals surface area contributed by atoms with Crippen molar-refractivity contribution in [3.8, 4) is 0 Å². The molecule has 0 spiro atoms. The van der Waals surface area contributed by atoms with Crippen LogP contribution in [0.15, 0.2) is 54.9 Å². The van der Waals surface area contributed by atoms with E-state index in [0.29, 0.717) is 11.3 Å². The molecule has 0 fully saturated rings. The predicted octanol–water partition coefficient (Wildman–Crippen LogP) is 2.87. The average molecular weight is 309 g/mol. The predicted molar refractivity (Wildman–Crippen MR) is 90.9 cm³/mol. The molecule has 5 nitrogen and oxygen atoms in total. The van der Waals surface area contributed by atoms with Gasteiger partial charge in [0.25, 0.3) is 5.91 Å². The highest BCUT2D eigenvalue weighted by Gasteiger charge is 2.06. The zero-order chi connectivity index (χ0) is 16.7. The second-order valence-electron chi connectivity index (χ2n) is 5.31. The van der Waals surface area contributed by atoms with Crippen LogP contribution in [0.4, 0.5) is 5.69 Å². The van der Waals surface area contributed by atoms with E-state index >= 15 is 0 Å². The fraction of sp³-hybridized carbons (Fsp3) is 0.167. The summed E-state index contributed by atoms with van der Waals surface area (Å²) in [5.41, 5.74) is 2.04. The monoisotopic (exact) mass is 309 g/mol. The molecule has 2 rings (SSSR count). The van der Waals surface area contributed by atoms with Crippen LogP contribution in [-0.4, -0.2) is 22.8 Å². The van der Waals surface area contributed by atoms with Gasteiger partial charge in [-0.25, -0.2) is 0 Å². The number of pyridine rings is 1. The van der Waals surface area contributed by atoms with Crippen molar-refractivity contribution in [2.75, 3.05) is 5.32 Å². The molecule has 23 heavy (non-hydrogen) atoms. The highest BCUT2D eigenvalue weighted by molar-refractivity contribution is 6.02. The summed E-state index contributed by atoms with van der Waals surface area (Å²) in [6.07, 6.45) is 6.48. The molecular weight excluding hydrogens is 290 g/mol. The van der Waals surface area contributed by atoms with Gasteiger partial charge in [-0.1, -0.05) is 6.07 Å². The first-order valence-electron chi connectivity index (χ1n) is 7.34. The Morgan fingerprint density at radius 2 is 1.87 bits per heavy atom. The Hall–Kier alpha value is -2.95. The van der Waals surface area contributed by atoms with E-state index in [-0.39, 0.29) is 17.9 Å². The summed E-state index contributed by atoms with van der Waals surface area (Å²) in [7, 11) is 0. The van der Waals surface area contributed by atoms with Crippen molar-refractivity contribution in [3.05, 3.63) is 66.0 Å². The van der Waals surface area contributed by atoms with Crippen LogP contribution >= 0.6 is 0 Å². The van der Waals surface area contributed by atoms with E-state index in [1.165, 1.54) is 6.08 Å². The highest BCUT2D eigenvalue weighted by Crippen LogP contribution is 2.10. The Morgan fingerprint density at radius 3 is 2.48 bits per heavy atom. The molecule has 0 aliphatic carbocycles. The van der Waals surface area contributed by atoms with Gasteiger partial charge < -0.3 is 10.6 Å². The van der Waals surface area contributed by atoms with E-state index in [2.05, 4.69) is 15.6 Å². The van der Waals surface area contributed by atoms with Crippen molar-refractivity contribution in [1.82, 2.24) is 10.3 Å². The van der Waals surface area contributed by atoms with E-state index in [0.717, 1.165) is 5.56 Å². The third-order valence-electron chi connectivity index (χ3n) is 2.95. The van der Waals surface area contributed by atoms with Crippen LogP contribution in [0.5, 0.6) is 0 Å². The van der Waals surface area contributed by atoms with Gasteiger partial charge >= 0.3 is 0 Å². The minimum Gasteiger partial charge on any atom is -0.350 e. The lowest BCUT2D eigenvalue weighted by Crippen LogP contribution is -2.29. The van der Waals surface area contributed by atoms with Crippen LogP contribution < -0.4 is 10.6 Å². The molecule has 118 valence electrons. The molecule has 0 bridgehead atoms. The fourth-order valence-corrected chi connectivity index (χ4v) is 1.88. The zero-order valence-corrected chi connectivity index (χ0v) is 13.1. The Labute approximate surface area is 135 Å². The topological polar surface area (TPSA) is 71.1 Å². The average Bonchev–Trinajstić information content (AvgIpc) is 2.54. The third-order valence-corrected chi connectivity index (χ3v) is 2.95. The first kappa shape index (κ1) is 16.4. The number of anilines is 1. The molecule has 1 aromatic carbocycles. The minimum absolute atomic E-state index is 0.0829. The summed E-state index contributed by atoms with van der Waals surface area (Å²) in [4.78, 5) is 27.7. The molecule has 0 atom stereocenters. The highest BCUT2D eigenvalue weighted by atomic mass is 16.2. The number of hydrogen-bond acceptors (Lipinski definition) is 3. The smallest absolute Gasteiger partial charge is 0.251 e. The lowest BCUT2D eigenvalue weighted by Gasteiger charge is -2.09. The van der Waals surface area contributed by atoms with Crippen molar-refractivity contribution in [3.63, 3.8) is 0 Å². The lowest BCUT2D eigenvalue weighted by atomic mass is 10.2. The summed E-state index contributed by atoms with van der Waals surface area (Å²) >= 11 is 0. The van der Waals surface area contributed by atoms with Crippen molar-refractivity contribution >= 4 is 23.6 Å². The van der Waals surface area contributed by atoms with Crippen molar-refractivity contribution < 1.29 is 9.59 Å². The van der Waals surface area contributed by atoms with Crippen LogP contribution in [0.3, 0.4) is 0 Å². The van der Waals surface area contributed by atoms with Gasteiger partial charge in [0.2, 0.25) is 5.91 Å². The molecular formula is C18H19N3O2. The first-order valence-corrected chi connectivity index (χ1v) is 7.34. The molecule has 0 radical (unpaired) electrons.